The second kappa shape index (κ2) is 10.1. The van der Waals surface area contributed by atoms with E-state index in [1.165, 1.54) is 13.3 Å². The summed E-state index contributed by atoms with van der Waals surface area (Å²) in [5.41, 5.74) is 0.229. The van der Waals surface area contributed by atoms with E-state index in [-0.39, 0.29) is 23.8 Å². The quantitative estimate of drug-likeness (QED) is 0.585. The Morgan fingerprint density at radius 1 is 1.17 bits per heavy atom. The van der Waals surface area contributed by atoms with Gasteiger partial charge in [-0.3, -0.25) is 0 Å². The molecule has 2 fully saturated rings. The number of ether oxygens (including phenoxy) is 2. The van der Waals surface area contributed by atoms with Crippen molar-refractivity contribution in [3.05, 3.63) is 11.8 Å². The lowest BCUT2D eigenvalue weighted by Gasteiger charge is -2.29. The van der Waals surface area contributed by atoms with Gasteiger partial charge in [-0.1, -0.05) is 0 Å². The Balaban J connectivity index is 1.66. The van der Waals surface area contributed by atoms with E-state index >= 15 is 0 Å². The first-order valence-electron chi connectivity index (χ1n) is 10.0. The van der Waals surface area contributed by atoms with Crippen LogP contribution in [0.3, 0.4) is 0 Å². The zero-order valence-corrected chi connectivity index (χ0v) is 16.4. The molecule has 2 atom stereocenters. The molecule has 3 rings (SSSR count). The van der Waals surface area contributed by atoms with Gasteiger partial charge >= 0.3 is 12.6 Å². The second-order valence-electron chi connectivity index (χ2n) is 7.62. The van der Waals surface area contributed by atoms with Gasteiger partial charge in [0, 0.05) is 18.3 Å². The Labute approximate surface area is 168 Å². The number of aliphatic hydroxyl groups excluding tert-OH is 1. The average molecular weight is 414 g/mol. The molecule has 8 nitrogen and oxygen atoms in total. The summed E-state index contributed by atoms with van der Waals surface area (Å²) < 4.78 is 34.1. The Hall–Kier alpha value is -2.07. The SMILES string of the molecule is COC(=O)c1cnc(N[C@H]2CC[C@H](OC(F)F)CC2)nc1N[C@@H]1CCC[C@H](O)C1. The fourth-order valence-electron chi connectivity index (χ4n) is 3.98. The number of rotatable bonds is 7. The van der Waals surface area contributed by atoms with Crippen LogP contribution in [0, 0.1) is 0 Å². The summed E-state index contributed by atoms with van der Waals surface area (Å²) in [4.78, 5) is 20.7. The number of anilines is 2. The number of hydrogen-bond acceptors (Lipinski definition) is 8. The molecule has 0 unspecified atom stereocenters. The van der Waals surface area contributed by atoms with Crippen LogP contribution in [-0.4, -0.2) is 59.1 Å². The largest absolute Gasteiger partial charge is 0.465 e. The fourth-order valence-corrected chi connectivity index (χ4v) is 3.98. The highest BCUT2D eigenvalue weighted by Crippen LogP contribution is 2.27. The third kappa shape index (κ3) is 6.20. The zero-order chi connectivity index (χ0) is 20.8. The molecule has 1 aromatic heterocycles. The van der Waals surface area contributed by atoms with E-state index in [4.69, 9.17) is 4.74 Å². The summed E-state index contributed by atoms with van der Waals surface area (Å²) in [6.07, 6.45) is 6.14. The molecule has 10 heteroatoms. The highest BCUT2D eigenvalue weighted by Gasteiger charge is 2.26. The van der Waals surface area contributed by atoms with E-state index in [2.05, 4.69) is 25.3 Å². The summed E-state index contributed by atoms with van der Waals surface area (Å²) in [6, 6.07) is 0.0488. The fraction of sp³-hybridized carbons (Fsp3) is 0.737. The van der Waals surface area contributed by atoms with Gasteiger partial charge in [0.15, 0.2) is 0 Å². The van der Waals surface area contributed by atoms with Crippen LogP contribution in [0.15, 0.2) is 6.20 Å². The standard InChI is InChI=1S/C19H28F2N4O4/c1-28-17(27)15-10-22-19(24-11-5-7-14(8-6-11)29-18(20)21)25-16(15)23-12-3-2-4-13(26)9-12/h10-14,18,26H,2-9H2,1H3,(H2,22,23,24,25)/t11-,12-,13+,14-/m1/s1. The van der Waals surface area contributed by atoms with E-state index in [0.717, 1.165) is 19.3 Å². The van der Waals surface area contributed by atoms with Gasteiger partial charge in [0.25, 0.3) is 0 Å². The lowest BCUT2D eigenvalue weighted by molar-refractivity contribution is -0.169. The van der Waals surface area contributed by atoms with Crippen LogP contribution in [0.25, 0.3) is 0 Å². The summed E-state index contributed by atoms with van der Waals surface area (Å²) in [5, 5.41) is 16.4. The van der Waals surface area contributed by atoms with Crippen molar-refractivity contribution in [1.82, 2.24) is 9.97 Å². The minimum absolute atomic E-state index is 0.00633. The molecular formula is C19H28F2N4O4. The molecule has 0 saturated heterocycles. The van der Waals surface area contributed by atoms with Gasteiger partial charge in [-0.15, -0.1) is 0 Å². The van der Waals surface area contributed by atoms with Gasteiger partial charge in [-0.05, 0) is 51.4 Å². The zero-order valence-electron chi connectivity index (χ0n) is 16.4. The van der Waals surface area contributed by atoms with Crippen molar-refractivity contribution in [3.8, 4) is 0 Å². The molecule has 3 N–H and O–H groups in total. The maximum Gasteiger partial charge on any atom is 0.345 e. The molecule has 2 aliphatic rings. The monoisotopic (exact) mass is 414 g/mol. The van der Waals surface area contributed by atoms with Gasteiger partial charge in [0.05, 0.1) is 19.3 Å². The third-order valence-corrected chi connectivity index (χ3v) is 5.48. The molecule has 0 amide bonds. The maximum atomic E-state index is 12.3. The van der Waals surface area contributed by atoms with E-state index in [9.17, 15) is 18.7 Å². The smallest absolute Gasteiger partial charge is 0.345 e. The van der Waals surface area contributed by atoms with Crippen molar-refractivity contribution in [2.45, 2.75) is 82.3 Å². The predicted molar refractivity (Wildman–Crippen MR) is 102 cm³/mol. The summed E-state index contributed by atoms with van der Waals surface area (Å²) >= 11 is 0. The van der Waals surface area contributed by atoms with Crippen LogP contribution in [-0.2, 0) is 9.47 Å². The maximum absolute atomic E-state index is 12.3. The van der Waals surface area contributed by atoms with Crippen molar-refractivity contribution < 1.29 is 28.2 Å². The van der Waals surface area contributed by atoms with Crippen LogP contribution in [0.5, 0.6) is 0 Å². The topological polar surface area (TPSA) is 106 Å². The highest BCUT2D eigenvalue weighted by molar-refractivity contribution is 5.94. The number of hydrogen-bond donors (Lipinski definition) is 3. The van der Waals surface area contributed by atoms with Crippen LogP contribution in [0.4, 0.5) is 20.5 Å². The number of carbonyl (C=O) groups is 1. The molecule has 0 aromatic carbocycles. The molecule has 2 saturated carbocycles. The Morgan fingerprint density at radius 2 is 1.93 bits per heavy atom. The van der Waals surface area contributed by atoms with Gasteiger partial charge in [0.2, 0.25) is 5.95 Å². The average Bonchev–Trinajstić information content (AvgIpc) is 2.69. The number of esters is 1. The van der Waals surface area contributed by atoms with Gasteiger partial charge in [-0.25, -0.2) is 9.78 Å². The molecule has 1 heterocycles. The minimum atomic E-state index is -2.74. The first-order chi connectivity index (χ1) is 13.9. The van der Waals surface area contributed by atoms with Crippen molar-refractivity contribution in [1.29, 1.82) is 0 Å². The summed E-state index contributed by atoms with van der Waals surface area (Å²) in [5.74, 6) is 0.179. The van der Waals surface area contributed by atoms with Gasteiger partial charge in [0.1, 0.15) is 11.4 Å². The molecule has 2 aliphatic carbocycles. The molecule has 1 aromatic rings. The lowest BCUT2D eigenvalue weighted by atomic mass is 9.93. The number of methoxy groups -OCH3 is 1. The van der Waals surface area contributed by atoms with Gasteiger partial charge in [-0.2, -0.15) is 13.8 Å². The van der Waals surface area contributed by atoms with E-state index in [1.807, 2.05) is 0 Å². The van der Waals surface area contributed by atoms with Crippen LogP contribution < -0.4 is 10.6 Å². The molecule has 0 bridgehead atoms. The van der Waals surface area contributed by atoms with E-state index in [0.29, 0.717) is 43.9 Å². The lowest BCUT2D eigenvalue weighted by Crippen LogP contribution is -2.32. The van der Waals surface area contributed by atoms with Gasteiger partial charge < -0.3 is 25.2 Å². The number of nitrogens with zero attached hydrogens (tertiary/aromatic N) is 2. The predicted octanol–water partition coefficient (Wildman–Crippen LogP) is 2.94. The van der Waals surface area contributed by atoms with Crippen LogP contribution in [0.2, 0.25) is 0 Å². The van der Waals surface area contributed by atoms with E-state index in [1.54, 1.807) is 0 Å². The Bertz CT molecular complexity index is 686. The number of aliphatic hydroxyl groups is 1. The van der Waals surface area contributed by atoms with Crippen LogP contribution >= 0.6 is 0 Å². The third-order valence-electron chi connectivity index (χ3n) is 5.48. The summed E-state index contributed by atoms with van der Waals surface area (Å²) in [7, 11) is 1.29. The van der Waals surface area contributed by atoms with Crippen molar-refractivity contribution >= 4 is 17.7 Å². The van der Waals surface area contributed by atoms with Crippen molar-refractivity contribution in [2.24, 2.45) is 0 Å². The second-order valence-corrected chi connectivity index (χ2v) is 7.62. The number of alkyl halides is 2. The number of carbonyl (C=O) groups excluding carboxylic acids is 1. The first kappa shape index (κ1) is 21.6. The number of nitrogens with one attached hydrogen (secondary N) is 2. The van der Waals surface area contributed by atoms with Crippen molar-refractivity contribution in [2.75, 3.05) is 17.7 Å². The Kier molecular flexibility index (Phi) is 7.54. The molecule has 29 heavy (non-hydrogen) atoms. The Morgan fingerprint density at radius 3 is 2.59 bits per heavy atom. The number of halogens is 2. The highest BCUT2D eigenvalue weighted by atomic mass is 19.3. The van der Waals surface area contributed by atoms with Crippen molar-refractivity contribution in [3.63, 3.8) is 0 Å². The molecular weight excluding hydrogens is 386 g/mol. The van der Waals surface area contributed by atoms with E-state index < -0.39 is 18.7 Å². The molecule has 0 spiro atoms. The summed E-state index contributed by atoms with van der Waals surface area (Å²) in [6.45, 7) is -2.74. The molecule has 0 aliphatic heterocycles. The molecule has 162 valence electrons. The number of aromatic nitrogens is 2. The minimum Gasteiger partial charge on any atom is -0.465 e. The van der Waals surface area contributed by atoms with Crippen LogP contribution in [0.1, 0.15) is 61.7 Å². The molecule has 0 radical (unpaired) electrons. The first-order valence-corrected chi connectivity index (χ1v) is 10.0. The normalized spacial score (nSPS) is 27.5.